The minimum absolute atomic E-state index is 0. The van der Waals surface area contributed by atoms with Crippen molar-refractivity contribution in [2.75, 3.05) is 12.3 Å². The molecule has 0 saturated carbocycles. The second-order valence-electron chi connectivity index (χ2n) is 7.99. The Balaban J connectivity index is 0.000000628. The molecule has 4 rings (SSSR count). The molecule has 0 aliphatic rings. The molecule has 40 heavy (non-hydrogen) atoms. The molecule has 0 saturated heterocycles. The first-order chi connectivity index (χ1) is 18.4. The van der Waals surface area contributed by atoms with Gasteiger partial charge >= 0.3 is 34.9 Å². The van der Waals surface area contributed by atoms with E-state index in [1.807, 2.05) is 0 Å². The van der Waals surface area contributed by atoms with Crippen LogP contribution in [0.25, 0.3) is 0 Å². The van der Waals surface area contributed by atoms with Crippen LogP contribution >= 0.6 is 15.8 Å². The van der Waals surface area contributed by atoms with Crippen LogP contribution in [0.4, 0.5) is 34.5 Å². The van der Waals surface area contributed by atoms with Crippen LogP contribution in [0.1, 0.15) is 6.42 Å². The predicted octanol–water partition coefficient (Wildman–Crippen LogP) is 8.24. The summed E-state index contributed by atoms with van der Waals surface area (Å²) in [6.07, 6.45) is 3.72. The summed E-state index contributed by atoms with van der Waals surface area (Å²) in [5, 5.41) is 5.94. The van der Waals surface area contributed by atoms with Crippen molar-refractivity contribution in [3.05, 3.63) is 121 Å². The Kier molecular flexibility index (Phi) is 16.6. The van der Waals surface area contributed by atoms with Gasteiger partial charge in [0.05, 0.1) is 0 Å². The summed E-state index contributed by atoms with van der Waals surface area (Å²) >= 11 is 0. The van der Waals surface area contributed by atoms with Crippen LogP contribution in [-0.2, 0) is 20.4 Å². The molecular weight excluding hydrogens is 666 g/mol. The molecule has 0 unspecified atom stereocenters. The van der Waals surface area contributed by atoms with E-state index in [1.165, 1.54) is 40.0 Å². The Labute approximate surface area is 246 Å². The van der Waals surface area contributed by atoms with Gasteiger partial charge in [-0.15, -0.1) is 0 Å². The molecule has 0 radical (unpaired) electrons. The molecule has 0 nitrogen and oxygen atoms in total. The van der Waals surface area contributed by atoms with Gasteiger partial charge < -0.3 is 34.5 Å². The van der Waals surface area contributed by atoms with Crippen LogP contribution in [0.5, 0.6) is 0 Å². The molecular formula is C27H26B2F8P2Pd. The Hall–Kier alpha value is -2.03. The van der Waals surface area contributed by atoms with Crippen molar-refractivity contribution in [2.24, 2.45) is 0 Å². The molecule has 0 fully saturated rings. The molecule has 4 aromatic carbocycles. The zero-order valence-corrected chi connectivity index (χ0v) is 24.4. The van der Waals surface area contributed by atoms with E-state index in [-0.39, 0.29) is 36.3 Å². The maximum absolute atomic E-state index is 9.75. The number of rotatable bonds is 8. The topological polar surface area (TPSA) is 0 Å². The van der Waals surface area contributed by atoms with Gasteiger partial charge in [0.2, 0.25) is 0 Å². The van der Waals surface area contributed by atoms with E-state index in [0.717, 1.165) is 0 Å². The van der Waals surface area contributed by atoms with Gasteiger partial charge in [-0.1, -0.05) is 121 Å². The van der Waals surface area contributed by atoms with Gasteiger partial charge in [0.1, 0.15) is 0 Å². The van der Waals surface area contributed by atoms with Gasteiger partial charge in [0, 0.05) is 0 Å². The summed E-state index contributed by atoms with van der Waals surface area (Å²) in [6.45, 7) is 0. The molecule has 0 heterocycles. The molecule has 0 atom stereocenters. The van der Waals surface area contributed by atoms with E-state index in [4.69, 9.17) is 0 Å². The van der Waals surface area contributed by atoms with Crippen LogP contribution in [0.2, 0.25) is 0 Å². The Morgan fingerprint density at radius 1 is 0.375 bits per heavy atom. The van der Waals surface area contributed by atoms with Crippen molar-refractivity contribution < 1.29 is 54.9 Å². The SMILES string of the molecule is F[B-](F)(F)F.F[B-](F)(F)F.[Pd+2].c1ccc(P(CCCP(c2ccccc2)c2ccccc2)c2ccccc2)cc1. The number of hydrogen-bond donors (Lipinski definition) is 0. The van der Waals surface area contributed by atoms with Gasteiger partial charge in [-0.2, -0.15) is 0 Å². The van der Waals surface area contributed by atoms with E-state index in [9.17, 15) is 34.5 Å². The van der Waals surface area contributed by atoms with Crippen LogP contribution in [0.3, 0.4) is 0 Å². The minimum atomic E-state index is -6.00. The van der Waals surface area contributed by atoms with E-state index in [2.05, 4.69) is 121 Å². The largest absolute Gasteiger partial charge is 2.00 e. The summed E-state index contributed by atoms with van der Waals surface area (Å²) in [7, 11) is -12.6. The van der Waals surface area contributed by atoms with Crippen molar-refractivity contribution in [2.45, 2.75) is 6.42 Å². The van der Waals surface area contributed by atoms with Crippen molar-refractivity contribution in [1.82, 2.24) is 0 Å². The average Bonchev–Trinajstić information content (AvgIpc) is 2.89. The average molecular weight is 692 g/mol. The molecule has 0 aliphatic heterocycles. The minimum Gasteiger partial charge on any atom is -0.418 e. The van der Waals surface area contributed by atoms with Gasteiger partial charge in [0.15, 0.2) is 0 Å². The Bertz CT molecular complexity index is 1000. The van der Waals surface area contributed by atoms with E-state index in [1.54, 1.807) is 0 Å². The van der Waals surface area contributed by atoms with Crippen molar-refractivity contribution in [3.63, 3.8) is 0 Å². The molecule has 0 bridgehead atoms. The molecule has 13 heteroatoms. The summed E-state index contributed by atoms with van der Waals surface area (Å²) < 4.78 is 78.0. The molecule has 0 amide bonds. The van der Waals surface area contributed by atoms with Gasteiger partial charge in [0.25, 0.3) is 0 Å². The fourth-order valence-electron chi connectivity index (χ4n) is 3.63. The van der Waals surface area contributed by atoms with Crippen molar-refractivity contribution in [1.29, 1.82) is 0 Å². The third kappa shape index (κ3) is 16.3. The summed E-state index contributed by atoms with van der Waals surface area (Å²) in [6, 6.07) is 44.3. The smallest absolute Gasteiger partial charge is 0.418 e. The van der Waals surface area contributed by atoms with Crippen molar-refractivity contribution in [3.8, 4) is 0 Å². The van der Waals surface area contributed by atoms with Gasteiger partial charge in [-0.3, -0.25) is 0 Å². The summed E-state index contributed by atoms with van der Waals surface area (Å²) in [4.78, 5) is 0. The third-order valence-corrected chi connectivity index (χ3v) is 10.2. The number of halogens is 8. The van der Waals surface area contributed by atoms with E-state index < -0.39 is 14.5 Å². The maximum atomic E-state index is 9.75. The Morgan fingerprint density at radius 2 is 0.550 bits per heavy atom. The second-order valence-corrected chi connectivity index (χ2v) is 12.7. The van der Waals surface area contributed by atoms with E-state index in [0.29, 0.717) is 0 Å². The van der Waals surface area contributed by atoms with Crippen LogP contribution in [0, 0.1) is 0 Å². The van der Waals surface area contributed by atoms with Crippen LogP contribution in [-0.4, -0.2) is 26.8 Å². The Morgan fingerprint density at radius 3 is 0.725 bits per heavy atom. The first-order valence-corrected chi connectivity index (χ1v) is 15.0. The number of hydrogen-bond acceptors (Lipinski definition) is 0. The summed E-state index contributed by atoms with van der Waals surface area (Å²) in [5.41, 5.74) is 0. The summed E-state index contributed by atoms with van der Waals surface area (Å²) in [5.74, 6) is 0. The zero-order valence-electron chi connectivity index (χ0n) is 21.1. The predicted molar refractivity (Wildman–Crippen MR) is 153 cm³/mol. The first-order valence-electron chi connectivity index (χ1n) is 11.9. The van der Waals surface area contributed by atoms with Gasteiger partial charge in [-0.05, 0) is 55.8 Å². The molecule has 4 aromatic rings. The first kappa shape index (κ1) is 36.0. The number of benzene rings is 4. The quantitative estimate of drug-likeness (QED) is 0.0992. The monoisotopic (exact) mass is 692 g/mol. The molecule has 0 aromatic heterocycles. The molecule has 0 aliphatic carbocycles. The zero-order chi connectivity index (χ0) is 28.7. The fraction of sp³-hybridized carbons (Fsp3) is 0.111. The molecule has 216 valence electrons. The third-order valence-electron chi connectivity index (χ3n) is 5.03. The van der Waals surface area contributed by atoms with E-state index >= 15 is 0 Å². The normalized spacial score (nSPS) is 11.1. The van der Waals surface area contributed by atoms with Crippen LogP contribution < -0.4 is 21.2 Å². The molecule has 0 N–H and O–H groups in total. The van der Waals surface area contributed by atoms with Crippen molar-refractivity contribution >= 4 is 51.6 Å². The molecule has 0 spiro atoms. The fourth-order valence-corrected chi connectivity index (χ4v) is 8.59. The second kappa shape index (κ2) is 18.4. The maximum Gasteiger partial charge on any atom is 2.00 e. The van der Waals surface area contributed by atoms with Crippen LogP contribution in [0.15, 0.2) is 121 Å². The standard InChI is InChI=1S/C27H26P2.2BF4.Pd/c1-5-14-24(15-6-1)28(25-16-7-2-8-17-25)22-13-23-29(26-18-9-3-10-19-26)27-20-11-4-12-21-27;2*2-1(3,4)5;/h1-12,14-21H,13,22-23H2;;;/q;2*-1;+2. The van der Waals surface area contributed by atoms with Gasteiger partial charge in [-0.25, -0.2) is 0 Å².